The van der Waals surface area contributed by atoms with Crippen molar-refractivity contribution in [3.8, 4) is 0 Å². The minimum atomic E-state index is -0.0738. The summed E-state index contributed by atoms with van der Waals surface area (Å²) in [6.07, 6.45) is 2.23. The third kappa shape index (κ3) is 3.70. The quantitative estimate of drug-likeness (QED) is 0.891. The Morgan fingerprint density at radius 3 is 3.11 bits per heavy atom. The van der Waals surface area contributed by atoms with Crippen LogP contribution in [0.2, 0.25) is 5.02 Å². The zero-order chi connectivity index (χ0) is 13.0. The summed E-state index contributed by atoms with van der Waals surface area (Å²) in [6, 6.07) is 5.23. The van der Waals surface area contributed by atoms with Crippen molar-refractivity contribution in [3.63, 3.8) is 0 Å². The molecule has 1 aromatic carbocycles. The van der Waals surface area contributed by atoms with Crippen LogP contribution in [0, 0.1) is 5.92 Å². The Kier molecular flexibility index (Phi) is 5.03. The molecule has 0 spiro atoms. The van der Waals surface area contributed by atoms with Crippen molar-refractivity contribution >= 4 is 33.4 Å². The fourth-order valence-electron chi connectivity index (χ4n) is 2.12. The van der Waals surface area contributed by atoms with Gasteiger partial charge in [0.15, 0.2) is 0 Å². The van der Waals surface area contributed by atoms with Crippen molar-refractivity contribution in [1.29, 1.82) is 0 Å². The molecule has 1 saturated heterocycles. The molecule has 0 saturated carbocycles. The second-order valence-corrected chi connectivity index (χ2v) is 5.82. The number of carbonyl (C=O) groups excluding carboxylic acids is 1. The summed E-state index contributed by atoms with van der Waals surface area (Å²) in [6.45, 7) is 2.87. The Morgan fingerprint density at radius 1 is 1.56 bits per heavy atom. The van der Waals surface area contributed by atoms with Gasteiger partial charge in [-0.2, -0.15) is 0 Å². The van der Waals surface area contributed by atoms with Gasteiger partial charge in [0, 0.05) is 16.0 Å². The lowest BCUT2D eigenvalue weighted by Gasteiger charge is -2.10. The molecule has 18 heavy (non-hydrogen) atoms. The molecule has 1 fully saturated rings. The first-order valence-electron chi connectivity index (χ1n) is 6.11. The number of nitrogens with one attached hydrogen (secondary N) is 2. The second kappa shape index (κ2) is 6.55. The van der Waals surface area contributed by atoms with Crippen molar-refractivity contribution in [3.05, 3.63) is 33.3 Å². The zero-order valence-corrected chi connectivity index (χ0v) is 12.4. The SMILES string of the molecule is O=C(NCCC1CCNC1)c1cc(Cl)ccc1Br. The third-order valence-electron chi connectivity index (χ3n) is 3.17. The van der Waals surface area contributed by atoms with Crippen LogP contribution in [0.5, 0.6) is 0 Å². The smallest absolute Gasteiger partial charge is 0.252 e. The molecule has 5 heteroatoms. The van der Waals surface area contributed by atoms with E-state index in [0.717, 1.165) is 24.0 Å². The van der Waals surface area contributed by atoms with Crippen molar-refractivity contribution in [2.45, 2.75) is 12.8 Å². The van der Waals surface area contributed by atoms with Crippen LogP contribution in [0.1, 0.15) is 23.2 Å². The summed E-state index contributed by atoms with van der Waals surface area (Å²) in [5, 5.41) is 6.83. The van der Waals surface area contributed by atoms with Gasteiger partial charge in [0.1, 0.15) is 0 Å². The zero-order valence-electron chi connectivity index (χ0n) is 10.0. The maximum Gasteiger partial charge on any atom is 0.252 e. The summed E-state index contributed by atoms with van der Waals surface area (Å²) in [5.41, 5.74) is 0.590. The number of benzene rings is 1. The van der Waals surface area contributed by atoms with Crippen molar-refractivity contribution in [2.24, 2.45) is 5.92 Å². The molecular formula is C13H16BrClN2O. The number of halogens is 2. The molecule has 2 rings (SSSR count). The molecular weight excluding hydrogens is 316 g/mol. The first-order chi connectivity index (χ1) is 8.66. The van der Waals surface area contributed by atoms with Gasteiger partial charge in [-0.3, -0.25) is 4.79 Å². The molecule has 98 valence electrons. The molecule has 1 aliphatic rings. The van der Waals surface area contributed by atoms with E-state index in [-0.39, 0.29) is 5.91 Å². The van der Waals surface area contributed by atoms with Crippen molar-refractivity contribution < 1.29 is 4.79 Å². The Morgan fingerprint density at radius 2 is 2.39 bits per heavy atom. The molecule has 1 aliphatic heterocycles. The van der Waals surface area contributed by atoms with E-state index >= 15 is 0 Å². The molecule has 1 heterocycles. The number of rotatable bonds is 4. The third-order valence-corrected chi connectivity index (χ3v) is 4.10. The summed E-state index contributed by atoms with van der Waals surface area (Å²) in [7, 11) is 0. The standard InChI is InChI=1S/C13H16BrClN2O/c14-12-2-1-10(15)7-11(12)13(18)17-6-4-9-3-5-16-8-9/h1-2,7,9,16H,3-6,8H2,(H,17,18). The fraction of sp³-hybridized carbons (Fsp3) is 0.462. The largest absolute Gasteiger partial charge is 0.352 e. The fourth-order valence-corrected chi connectivity index (χ4v) is 2.72. The first kappa shape index (κ1) is 13.8. The van der Waals surface area contributed by atoms with E-state index in [2.05, 4.69) is 26.6 Å². The van der Waals surface area contributed by atoms with Crippen LogP contribution in [-0.4, -0.2) is 25.5 Å². The average molecular weight is 332 g/mol. The molecule has 2 N–H and O–H groups in total. The van der Waals surface area contributed by atoms with Gasteiger partial charge in [0.05, 0.1) is 5.56 Å². The van der Waals surface area contributed by atoms with Crippen LogP contribution in [0.3, 0.4) is 0 Å². The van der Waals surface area contributed by atoms with E-state index < -0.39 is 0 Å². The number of hydrogen-bond acceptors (Lipinski definition) is 2. The van der Waals surface area contributed by atoms with E-state index in [4.69, 9.17) is 11.6 Å². The molecule has 1 amide bonds. The highest BCUT2D eigenvalue weighted by Gasteiger charge is 2.15. The van der Waals surface area contributed by atoms with Crippen LogP contribution in [0.4, 0.5) is 0 Å². The van der Waals surface area contributed by atoms with E-state index in [0.29, 0.717) is 23.0 Å². The lowest BCUT2D eigenvalue weighted by molar-refractivity contribution is 0.0951. The minimum absolute atomic E-state index is 0.0738. The summed E-state index contributed by atoms with van der Waals surface area (Å²) >= 11 is 9.25. The van der Waals surface area contributed by atoms with Crippen LogP contribution < -0.4 is 10.6 Å². The van der Waals surface area contributed by atoms with Gasteiger partial charge in [0.2, 0.25) is 0 Å². The predicted molar refractivity (Wildman–Crippen MR) is 77.1 cm³/mol. The van der Waals surface area contributed by atoms with Gasteiger partial charge in [-0.05, 0) is 66.0 Å². The molecule has 1 unspecified atom stereocenters. The Hall–Kier alpha value is -0.580. The van der Waals surface area contributed by atoms with E-state index in [1.54, 1.807) is 18.2 Å². The molecule has 0 aliphatic carbocycles. The van der Waals surface area contributed by atoms with E-state index in [9.17, 15) is 4.79 Å². The molecule has 1 atom stereocenters. The molecule has 0 radical (unpaired) electrons. The maximum absolute atomic E-state index is 12.0. The van der Waals surface area contributed by atoms with Gasteiger partial charge in [-0.25, -0.2) is 0 Å². The van der Waals surface area contributed by atoms with Crippen LogP contribution in [-0.2, 0) is 0 Å². The second-order valence-electron chi connectivity index (χ2n) is 4.53. The lowest BCUT2D eigenvalue weighted by Crippen LogP contribution is -2.26. The highest BCUT2D eigenvalue weighted by molar-refractivity contribution is 9.10. The molecule has 0 bridgehead atoms. The Balaban J connectivity index is 1.85. The lowest BCUT2D eigenvalue weighted by atomic mass is 10.1. The molecule has 1 aromatic rings. The molecule has 0 aromatic heterocycles. The number of carbonyl (C=O) groups is 1. The monoisotopic (exact) mass is 330 g/mol. The number of hydrogen-bond donors (Lipinski definition) is 2. The Bertz CT molecular complexity index is 433. The first-order valence-corrected chi connectivity index (χ1v) is 7.28. The van der Waals surface area contributed by atoms with Crippen LogP contribution in [0.15, 0.2) is 22.7 Å². The summed E-state index contributed by atoms with van der Waals surface area (Å²) in [4.78, 5) is 12.0. The highest BCUT2D eigenvalue weighted by atomic mass is 79.9. The van der Waals surface area contributed by atoms with Crippen molar-refractivity contribution in [2.75, 3.05) is 19.6 Å². The van der Waals surface area contributed by atoms with Gasteiger partial charge in [-0.1, -0.05) is 11.6 Å². The van der Waals surface area contributed by atoms with E-state index in [1.165, 1.54) is 6.42 Å². The van der Waals surface area contributed by atoms with E-state index in [1.807, 2.05) is 0 Å². The summed E-state index contributed by atoms with van der Waals surface area (Å²) in [5.74, 6) is 0.614. The Labute approximate surface area is 120 Å². The number of amides is 1. The minimum Gasteiger partial charge on any atom is -0.352 e. The van der Waals surface area contributed by atoms with Gasteiger partial charge in [-0.15, -0.1) is 0 Å². The summed E-state index contributed by atoms with van der Waals surface area (Å²) < 4.78 is 0.770. The topological polar surface area (TPSA) is 41.1 Å². The van der Waals surface area contributed by atoms with Gasteiger partial charge < -0.3 is 10.6 Å². The van der Waals surface area contributed by atoms with Gasteiger partial charge >= 0.3 is 0 Å². The highest BCUT2D eigenvalue weighted by Crippen LogP contribution is 2.21. The van der Waals surface area contributed by atoms with Crippen LogP contribution in [0.25, 0.3) is 0 Å². The normalized spacial score (nSPS) is 18.9. The van der Waals surface area contributed by atoms with Crippen LogP contribution >= 0.6 is 27.5 Å². The predicted octanol–water partition coefficient (Wildman–Crippen LogP) is 2.83. The van der Waals surface area contributed by atoms with Crippen molar-refractivity contribution in [1.82, 2.24) is 10.6 Å². The van der Waals surface area contributed by atoms with Gasteiger partial charge in [0.25, 0.3) is 5.91 Å². The molecule has 3 nitrogen and oxygen atoms in total. The average Bonchev–Trinajstić information content (AvgIpc) is 2.85. The maximum atomic E-state index is 12.0.